The third-order valence-corrected chi connectivity index (χ3v) is 7.30. The van der Waals surface area contributed by atoms with Gasteiger partial charge in [0, 0.05) is 11.6 Å². The van der Waals surface area contributed by atoms with Crippen LogP contribution in [-0.4, -0.2) is 130 Å². The van der Waals surface area contributed by atoms with Crippen LogP contribution in [0.1, 0.15) is 0 Å². The molecule has 3 heterocycles. The highest BCUT2D eigenvalue weighted by atomic mass is 16.7. The van der Waals surface area contributed by atoms with Crippen LogP contribution in [0.5, 0.6) is 28.7 Å². The van der Waals surface area contributed by atoms with Crippen molar-refractivity contribution in [1.29, 1.82) is 0 Å². The topological polar surface area (TPSA) is 307 Å². The number of hydrogen-bond donors (Lipinski definition) is 11. The van der Waals surface area contributed by atoms with Crippen LogP contribution in [0, 0.1) is 0 Å². The fourth-order valence-electron chi connectivity index (χ4n) is 4.87. The summed E-state index contributed by atoms with van der Waals surface area (Å²) in [5.41, 5.74) is -1.96. The van der Waals surface area contributed by atoms with E-state index in [0.717, 1.165) is 0 Å². The zero-order valence-corrected chi connectivity index (χ0v) is 22.6. The summed E-state index contributed by atoms with van der Waals surface area (Å²) in [5, 5.41) is 111. The summed E-state index contributed by atoms with van der Waals surface area (Å²) in [7, 11) is 0. The zero-order chi connectivity index (χ0) is 32.9. The van der Waals surface area contributed by atoms with Crippen molar-refractivity contribution < 1.29 is 84.3 Å². The summed E-state index contributed by atoms with van der Waals surface area (Å²) in [5.74, 6) is -5.88. The lowest BCUT2D eigenvalue weighted by Crippen LogP contribution is -2.61. The van der Waals surface area contributed by atoms with E-state index in [1.807, 2.05) is 0 Å². The molecule has 2 aromatic carbocycles. The Morgan fingerprint density at radius 1 is 0.756 bits per heavy atom. The Morgan fingerprint density at radius 2 is 1.33 bits per heavy atom. The molecular weight excluding hydrogens is 612 g/mol. The average molecular weight is 641 g/mol. The number of aliphatic hydroxyl groups is 7. The molecule has 0 spiro atoms. The van der Waals surface area contributed by atoms with Gasteiger partial charge in [0.25, 0.3) is 0 Å². The van der Waals surface area contributed by atoms with Crippen molar-refractivity contribution in [2.24, 2.45) is 0 Å². The number of aliphatic hydroxyl groups excluding tert-OH is 7. The van der Waals surface area contributed by atoms with E-state index in [1.54, 1.807) is 0 Å². The third kappa shape index (κ3) is 5.70. The van der Waals surface area contributed by atoms with Gasteiger partial charge in [0.15, 0.2) is 23.2 Å². The molecule has 11 N–H and O–H groups in total. The largest absolute Gasteiger partial charge is 0.508 e. The molecule has 2 saturated heterocycles. The van der Waals surface area contributed by atoms with E-state index in [9.17, 15) is 65.8 Å². The molecule has 0 saturated carbocycles. The second-order valence-corrected chi connectivity index (χ2v) is 10.3. The van der Waals surface area contributed by atoms with Crippen molar-refractivity contribution >= 4 is 16.9 Å². The van der Waals surface area contributed by atoms with Gasteiger partial charge in [-0.15, -0.1) is 0 Å². The molecular formula is C27H28O18. The van der Waals surface area contributed by atoms with Gasteiger partial charge < -0.3 is 79.5 Å². The first kappa shape index (κ1) is 32.2. The number of aromatic hydroxyl groups is 3. The van der Waals surface area contributed by atoms with E-state index < -0.39 is 119 Å². The van der Waals surface area contributed by atoms with Crippen molar-refractivity contribution in [3.8, 4) is 40.1 Å². The van der Waals surface area contributed by atoms with Crippen molar-refractivity contribution in [3.05, 3.63) is 40.6 Å². The van der Waals surface area contributed by atoms with Gasteiger partial charge in [0.05, 0.1) is 6.61 Å². The van der Waals surface area contributed by atoms with E-state index in [-0.39, 0.29) is 11.3 Å². The Hall–Kier alpha value is -4.24. The van der Waals surface area contributed by atoms with Crippen LogP contribution in [0.15, 0.2) is 39.5 Å². The fraction of sp³-hybridized carbons (Fsp3) is 0.407. The highest BCUT2D eigenvalue weighted by molar-refractivity contribution is 5.93. The predicted octanol–water partition coefficient (Wildman–Crippen LogP) is -2.97. The van der Waals surface area contributed by atoms with E-state index >= 15 is 0 Å². The summed E-state index contributed by atoms with van der Waals surface area (Å²) in [6.45, 7) is -0.822. The summed E-state index contributed by atoms with van der Waals surface area (Å²) >= 11 is 0. The normalized spacial score (nSPS) is 31.9. The first-order chi connectivity index (χ1) is 21.2. The van der Waals surface area contributed by atoms with Crippen LogP contribution < -0.4 is 14.9 Å². The molecule has 3 aromatic rings. The number of ether oxygens (including phenoxy) is 4. The third-order valence-electron chi connectivity index (χ3n) is 7.30. The molecule has 5 rings (SSSR count). The van der Waals surface area contributed by atoms with Crippen LogP contribution in [0.4, 0.5) is 0 Å². The highest BCUT2D eigenvalue weighted by Crippen LogP contribution is 2.44. The van der Waals surface area contributed by atoms with Gasteiger partial charge in [-0.25, -0.2) is 4.79 Å². The van der Waals surface area contributed by atoms with Crippen molar-refractivity contribution in [1.82, 2.24) is 0 Å². The van der Waals surface area contributed by atoms with E-state index in [4.69, 9.17) is 23.4 Å². The summed E-state index contributed by atoms with van der Waals surface area (Å²) in [6.07, 6.45) is -19.5. The summed E-state index contributed by atoms with van der Waals surface area (Å²) < 4.78 is 27.3. The van der Waals surface area contributed by atoms with Gasteiger partial charge in [0.2, 0.25) is 29.5 Å². The van der Waals surface area contributed by atoms with Gasteiger partial charge >= 0.3 is 5.97 Å². The smallest absolute Gasteiger partial charge is 0.335 e. The van der Waals surface area contributed by atoms with E-state index in [0.29, 0.717) is 6.07 Å². The van der Waals surface area contributed by atoms with Crippen LogP contribution in [-0.2, 0) is 14.3 Å². The number of benzene rings is 2. The first-order valence-corrected chi connectivity index (χ1v) is 13.2. The molecule has 2 aliphatic rings. The number of carboxylic acids is 1. The van der Waals surface area contributed by atoms with Crippen LogP contribution in [0.3, 0.4) is 0 Å². The Balaban J connectivity index is 1.67. The quantitative estimate of drug-likeness (QED) is 0.123. The molecule has 18 heteroatoms. The molecule has 2 fully saturated rings. The minimum Gasteiger partial charge on any atom is -0.508 e. The highest BCUT2D eigenvalue weighted by Gasteiger charge is 2.49. The fourth-order valence-corrected chi connectivity index (χ4v) is 4.87. The molecule has 18 nitrogen and oxygen atoms in total. The SMILES string of the molecule is O=C(O)C1OC(Oc2c(-c3ccc(O)cc3)oc3c(OC4OC(CO)C(O)C(O)C4O)c(O)cc(O)c3c2=O)C(O)C(O)C1O. The van der Waals surface area contributed by atoms with E-state index in [1.165, 1.54) is 24.3 Å². The summed E-state index contributed by atoms with van der Waals surface area (Å²) in [6, 6.07) is 5.42. The molecule has 10 atom stereocenters. The molecule has 45 heavy (non-hydrogen) atoms. The van der Waals surface area contributed by atoms with Gasteiger partial charge in [0.1, 0.15) is 59.6 Å². The Bertz CT molecular complexity index is 1620. The Morgan fingerprint density at radius 3 is 1.93 bits per heavy atom. The lowest BCUT2D eigenvalue weighted by molar-refractivity contribution is -0.277. The van der Waals surface area contributed by atoms with Gasteiger partial charge in [-0.05, 0) is 24.3 Å². The molecule has 244 valence electrons. The number of phenols is 3. The van der Waals surface area contributed by atoms with Gasteiger partial charge in [-0.3, -0.25) is 4.79 Å². The predicted molar refractivity (Wildman–Crippen MR) is 142 cm³/mol. The second kappa shape index (κ2) is 12.3. The molecule has 0 aliphatic carbocycles. The monoisotopic (exact) mass is 640 g/mol. The minimum atomic E-state index is -2.11. The number of carboxylic acid groups (broad SMARTS) is 1. The van der Waals surface area contributed by atoms with E-state index in [2.05, 4.69) is 0 Å². The van der Waals surface area contributed by atoms with Crippen molar-refractivity contribution in [2.45, 2.75) is 61.4 Å². The maximum Gasteiger partial charge on any atom is 0.335 e. The van der Waals surface area contributed by atoms with Gasteiger partial charge in [-0.2, -0.15) is 0 Å². The minimum absolute atomic E-state index is 0.0240. The maximum atomic E-state index is 13.9. The van der Waals surface area contributed by atoms with Crippen molar-refractivity contribution in [3.63, 3.8) is 0 Å². The number of aliphatic carboxylic acids is 1. The lowest BCUT2D eigenvalue weighted by Gasteiger charge is -2.39. The van der Waals surface area contributed by atoms with Crippen LogP contribution in [0.2, 0.25) is 0 Å². The first-order valence-electron chi connectivity index (χ1n) is 13.2. The molecule has 0 bridgehead atoms. The lowest BCUT2D eigenvalue weighted by atomic mass is 9.99. The Labute approximate surface area is 250 Å². The molecule has 1 aromatic heterocycles. The average Bonchev–Trinajstić information content (AvgIpc) is 3.00. The Kier molecular flexibility index (Phi) is 8.77. The molecule has 0 radical (unpaired) electrons. The number of fused-ring (bicyclic) bond motifs is 1. The van der Waals surface area contributed by atoms with Crippen LogP contribution >= 0.6 is 0 Å². The number of phenolic OH excluding ortho intramolecular Hbond substituents is 3. The number of hydrogen-bond acceptors (Lipinski definition) is 17. The van der Waals surface area contributed by atoms with Crippen LogP contribution in [0.25, 0.3) is 22.3 Å². The number of carbonyl (C=O) groups is 1. The standard InChI is InChI=1S/C27H28O18/c28-6-11-13(32)15(34)18(37)26(41-11)43-21-10(31)5-9(30)12-14(33)23(20(42-22(12)21)7-1-3-8(29)4-2-7)44-27-19(38)16(35)17(36)24(45-27)25(39)40/h1-5,11,13,15-19,24,26-32,34-38H,6H2,(H,39,40). The second-order valence-electron chi connectivity index (χ2n) is 10.3. The maximum absolute atomic E-state index is 13.9. The van der Waals surface area contributed by atoms with Gasteiger partial charge in [-0.1, -0.05) is 0 Å². The molecule has 0 amide bonds. The zero-order valence-electron chi connectivity index (χ0n) is 22.6. The summed E-state index contributed by atoms with van der Waals surface area (Å²) in [4.78, 5) is 25.5. The number of rotatable bonds is 7. The van der Waals surface area contributed by atoms with Crippen molar-refractivity contribution in [2.75, 3.05) is 6.61 Å². The molecule has 10 unspecified atom stereocenters. The molecule has 2 aliphatic heterocycles.